The van der Waals surface area contributed by atoms with Gasteiger partial charge in [0.1, 0.15) is 11.4 Å². The van der Waals surface area contributed by atoms with Gasteiger partial charge in [0.15, 0.2) is 5.03 Å². The first-order chi connectivity index (χ1) is 21.9. The van der Waals surface area contributed by atoms with Crippen molar-refractivity contribution in [1.29, 1.82) is 0 Å². The van der Waals surface area contributed by atoms with E-state index in [1.165, 1.54) is 18.3 Å². The molecule has 0 spiro atoms. The quantitative estimate of drug-likeness (QED) is 0.146. The summed E-state index contributed by atoms with van der Waals surface area (Å²) in [4.78, 5) is 18.0. The van der Waals surface area contributed by atoms with E-state index >= 15 is 0 Å². The van der Waals surface area contributed by atoms with Crippen molar-refractivity contribution in [3.8, 4) is 0 Å². The summed E-state index contributed by atoms with van der Waals surface area (Å²) in [6, 6.07) is 29.8. The number of cyclic esters (lactones) is 1. The van der Waals surface area contributed by atoms with Crippen molar-refractivity contribution in [3.05, 3.63) is 131 Å². The number of nitrogens with zero attached hydrogens (tertiary/aromatic N) is 1. The molecule has 0 fully saturated rings. The lowest BCUT2D eigenvalue weighted by Gasteiger charge is -2.41. The molecule has 3 aromatic carbocycles. The molecule has 8 nitrogen and oxygen atoms in total. The number of ether oxygens (including phenoxy) is 1. The lowest BCUT2D eigenvalue weighted by molar-refractivity contribution is -0.161. The number of nitrogens with one attached hydrogen (secondary N) is 1. The number of esters is 1. The minimum Gasteiger partial charge on any atom is -0.512 e. The van der Waals surface area contributed by atoms with Crippen LogP contribution >= 0.6 is 0 Å². The van der Waals surface area contributed by atoms with Crippen molar-refractivity contribution in [2.45, 2.75) is 69.4 Å². The summed E-state index contributed by atoms with van der Waals surface area (Å²) < 4.78 is 35.1. The first kappa shape index (κ1) is 32.8. The predicted molar refractivity (Wildman–Crippen MR) is 181 cm³/mol. The zero-order valence-electron chi connectivity index (χ0n) is 26.4. The lowest BCUT2D eigenvalue weighted by Crippen LogP contribution is -2.43. The van der Waals surface area contributed by atoms with Gasteiger partial charge in [-0.25, -0.2) is 9.78 Å². The van der Waals surface area contributed by atoms with Crippen LogP contribution in [0.4, 0.5) is 11.4 Å². The standard InChI is InChI=1S/C37H41N3O5S/c1-36(2,3)34(28-15-10-16-30(23-28)40-46(43,44)32-18-17-29(38)25-39-32)33-31(41)24-37(45-35(33)42,21-19-26-11-6-4-7-12-26)22-20-27-13-8-5-9-14-27/h4-18,23,25,34,40-41H,19-22,24,38H2,1-3H3/t34-/m0/s1. The first-order valence-electron chi connectivity index (χ1n) is 15.4. The number of anilines is 2. The number of aliphatic hydroxyl groups is 1. The fourth-order valence-electron chi connectivity index (χ4n) is 6.17. The number of carbonyl (C=O) groups excluding carboxylic acids is 1. The number of pyridine rings is 1. The molecule has 0 saturated heterocycles. The van der Waals surface area contributed by atoms with Crippen LogP contribution in [0.3, 0.4) is 0 Å². The molecule has 0 aliphatic carbocycles. The highest BCUT2D eigenvalue weighted by Gasteiger charge is 2.46. The molecule has 0 radical (unpaired) electrons. The van der Waals surface area contributed by atoms with E-state index in [1.54, 1.807) is 18.2 Å². The Morgan fingerprint density at radius 2 is 1.52 bits per heavy atom. The molecule has 1 aromatic heterocycles. The van der Waals surface area contributed by atoms with Crippen LogP contribution < -0.4 is 10.5 Å². The number of benzene rings is 3. The molecule has 2 heterocycles. The topological polar surface area (TPSA) is 132 Å². The van der Waals surface area contributed by atoms with Gasteiger partial charge in [0.05, 0.1) is 17.5 Å². The van der Waals surface area contributed by atoms with Crippen LogP contribution in [0.1, 0.15) is 62.6 Å². The minimum absolute atomic E-state index is 0.00866. The molecular weight excluding hydrogens is 598 g/mol. The number of aliphatic hydroxyl groups excluding tert-OH is 1. The average Bonchev–Trinajstić information content (AvgIpc) is 3.01. The zero-order chi connectivity index (χ0) is 33.0. The van der Waals surface area contributed by atoms with Crippen LogP contribution in [0.25, 0.3) is 0 Å². The summed E-state index contributed by atoms with van der Waals surface area (Å²) >= 11 is 0. The fourth-order valence-corrected chi connectivity index (χ4v) is 7.15. The zero-order valence-corrected chi connectivity index (χ0v) is 27.3. The van der Waals surface area contributed by atoms with Gasteiger partial charge >= 0.3 is 5.97 Å². The van der Waals surface area contributed by atoms with E-state index in [2.05, 4.69) is 34.0 Å². The molecule has 5 rings (SSSR count). The van der Waals surface area contributed by atoms with Crippen LogP contribution in [-0.2, 0) is 32.4 Å². The molecule has 46 heavy (non-hydrogen) atoms. The second-order valence-corrected chi connectivity index (χ2v) is 14.7. The predicted octanol–water partition coefficient (Wildman–Crippen LogP) is 7.36. The summed E-state index contributed by atoms with van der Waals surface area (Å²) in [6.07, 6.45) is 3.98. The van der Waals surface area contributed by atoms with Gasteiger partial charge in [-0.15, -0.1) is 0 Å². The third kappa shape index (κ3) is 7.77. The Morgan fingerprint density at radius 3 is 2.04 bits per heavy atom. The third-order valence-electron chi connectivity index (χ3n) is 8.42. The Morgan fingerprint density at radius 1 is 0.913 bits per heavy atom. The Kier molecular flexibility index (Phi) is 9.53. The van der Waals surface area contributed by atoms with Crippen molar-refractivity contribution < 1.29 is 23.1 Å². The highest BCUT2D eigenvalue weighted by molar-refractivity contribution is 7.92. The fraction of sp³-hybridized carbons (Fsp3) is 0.297. The number of aryl methyl sites for hydroxylation is 2. The number of nitrogen functional groups attached to an aromatic ring is 1. The Hall–Kier alpha value is -4.63. The van der Waals surface area contributed by atoms with Crippen LogP contribution in [0.5, 0.6) is 0 Å². The molecular formula is C37H41N3O5S. The Balaban J connectivity index is 1.47. The molecule has 0 saturated carbocycles. The number of rotatable bonds is 11. The second-order valence-electron chi connectivity index (χ2n) is 13.0. The Labute approximate surface area is 271 Å². The largest absolute Gasteiger partial charge is 0.512 e. The number of aromatic nitrogens is 1. The molecule has 1 aliphatic rings. The number of hydrogen-bond acceptors (Lipinski definition) is 7. The number of sulfonamides is 1. The van der Waals surface area contributed by atoms with Crippen molar-refractivity contribution in [2.75, 3.05) is 10.5 Å². The first-order valence-corrected chi connectivity index (χ1v) is 16.9. The van der Waals surface area contributed by atoms with Crippen molar-refractivity contribution in [1.82, 2.24) is 4.98 Å². The van der Waals surface area contributed by atoms with Gasteiger partial charge in [0.2, 0.25) is 0 Å². The normalized spacial score (nSPS) is 15.7. The van der Waals surface area contributed by atoms with Crippen LogP contribution in [-0.4, -0.2) is 30.1 Å². The van der Waals surface area contributed by atoms with Gasteiger partial charge in [0, 0.05) is 18.0 Å². The number of hydrogen-bond donors (Lipinski definition) is 3. The van der Waals surface area contributed by atoms with E-state index in [0.29, 0.717) is 42.6 Å². The van der Waals surface area contributed by atoms with E-state index in [9.17, 15) is 18.3 Å². The third-order valence-corrected chi connectivity index (χ3v) is 9.71. The SMILES string of the molecule is CC(C)(C)[C@H](C1=C(O)CC(CCc2ccccc2)(CCc2ccccc2)OC1=O)c1cccc(NS(=O)(=O)c2ccc(N)cn2)c1. The maximum absolute atomic E-state index is 14.1. The van der Waals surface area contributed by atoms with Crippen LogP contribution in [0.15, 0.2) is 120 Å². The molecule has 9 heteroatoms. The summed E-state index contributed by atoms with van der Waals surface area (Å²) in [6.45, 7) is 5.94. The van der Waals surface area contributed by atoms with Crippen LogP contribution in [0.2, 0.25) is 0 Å². The van der Waals surface area contributed by atoms with Gasteiger partial charge in [-0.3, -0.25) is 4.72 Å². The Bertz CT molecular complexity index is 1760. The monoisotopic (exact) mass is 639 g/mol. The van der Waals surface area contributed by atoms with Gasteiger partial charge < -0.3 is 15.6 Å². The van der Waals surface area contributed by atoms with Gasteiger partial charge in [0.25, 0.3) is 10.0 Å². The van der Waals surface area contributed by atoms with E-state index < -0.39 is 32.9 Å². The van der Waals surface area contributed by atoms with Crippen molar-refractivity contribution >= 4 is 27.4 Å². The molecule has 0 bridgehead atoms. The summed E-state index contributed by atoms with van der Waals surface area (Å²) in [7, 11) is -4.00. The molecule has 4 N–H and O–H groups in total. The van der Waals surface area contributed by atoms with E-state index in [4.69, 9.17) is 10.5 Å². The van der Waals surface area contributed by atoms with Crippen molar-refractivity contribution in [3.63, 3.8) is 0 Å². The molecule has 1 aliphatic heterocycles. The molecule has 4 aromatic rings. The van der Waals surface area contributed by atoms with E-state index in [-0.39, 0.29) is 22.8 Å². The molecule has 240 valence electrons. The smallest absolute Gasteiger partial charge is 0.338 e. The number of carbonyl (C=O) groups is 1. The molecule has 0 unspecified atom stereocenters. The summed E-state index contributed by atoms with van der Waals surface area (Å²) in [5.41, 5.74) is 8.03. The van der Waals surface area contributed by atoms with Gasteiger partial charge in [-0.2, -0.15) is 8.42 Å². The van der Waals surface area contributed by atoms with E-state index in [1.807, 2.05) is 63.2 Å². The maximum atomic E-state index is 14.1. The van der Waals surface area contributed by atoms with Crippen molar-refractivity contribution in [2.24, 2.45) is 5.41 Å². The highest BCUT2D eigenvalue weighted by Crippen LogP contribution is 2.47. The second kappa shape index (κ2) is 13.4. The van der Waals surface area contributed by atoms with E-state index in [0.717, 1.165) is 11.1 Å². The van der Waals surface area contributed by atoms with Crippen LogP contribution in [0, 0.1) is 5.41 Å². The minimum atomic E-state index is -4.00. The maximum Gasteiger partial charge on any atom is 0.338 e. The lowest BCUT2D eigenvalue weighted by atomic mass is 9.70. The molecule has 0 amide bonds. The average molecular weight is 640 g/mol. The van der Waals surface area contributed by atoms with Gasteiger partial charge in [-0.1, -0.05) is 93.6 Å². The highest BCUT2D eigenvalue weighted by atomic mass is 32.2. The number of nitrogens with two attached hydrogens (primary N) is 1. The summed E-state index contributed by atoms with van der Waals surface area (Å²) in [5.74, 6) is -1.13. The molecule has 1 atom stereocenters. The summed E-state index contributed by atoms with van der Waals surface area (Å²) in [5, 5.41) is 11.6. The van der Waals surface area contributed by atoms with Gasteiger partial charge in [-0.05, 0) is 72.1 Å².